The number of amides is 2. The quantitative estimate of drug-likeness (QED) is 0.585. The molecule has 2 amide bonds. The van der Waals surface area contributed by atoms with Crippen LogP contribution >= 0.6 is 0 Å². The van der Waals surface area contributed by atoms with E-state index in [-0.39, 0.29) is 5.91 Å². The van der Waals surface area contributed by atoms with Gasteiger partial charge in [0.05, 0.1) is 14.2 Å². The van der Waals surface area contributed by atoms with E-state index in [2.05, 4.69) is 6.92 Å². The van der Waals surface area contributed by atoms with Gasteiger partial charge < -0.3 is 14.4 Å². The van der Waals surface area contributed by atoms with Crippen LogP contribution in [0.1, 0.15) is 42.1 Å². The van der Waals surface area contributed by atoms with Crippen LogP contribution in [0.5, 0.6) is 11.5 Å². The van der Waals surface area contributed by atoms with Crippen molar-refractivity contribution >= 4 is 11.8 Å². The Balaban J connectivity index is 2.32. The first-order valence-electron chi connectivity index (χ1n) is 8.07. The van der Waals surface area contributed by atoms with E-state index in [1.807, 2.05) is 0 Å². The molecule has 1 saturated heterocycles. The van der Waals surface area contributed by atoms with Crippen molar-refractivity contribution in [1.82, 2.24) is 10.4 Å². The lowest BCUT2D eigenvalue weighted by atomic mass is 9.98. The number of hydrogen-bond donors (Lipinski definition) is 2. The molecule has 1 aliphatic rings. The molecule has 1 fully saturated rings. The Bertz CT molecular complexity index is 617. The number of ether oxygens (including phenoxy) is 2. The van der Waals surface area contributed by atoms with Gasteiger partial charge in [-0.15, -0.1) is 0 Å². The minimum Gasteiger partial charge on any atom is -0.493 e. The third kappa shape index (κ3) is 3.46. The highest BCUT2D eigenvalue weighted by Gasteiger charge is 2.38. The fraction of sp³-hybridized carbons (Fsp3) is 0.529. The number of hydroxylamine groups is 1. The number of unbranched alkanes of at least 4 members (excludes halogenated alkanes) is 1. The molecule has 0 saturated carbocycles. The summed E-state index contributed by atoms with van der Waals surface area (Å²) in [5.74, 6) is 0.309. The Kier molecular flexibility index (Phi) is 6.03. The Morgan fingerprint density at radius 3 is 2.58 bits per heavy atom. The van der Waals surface area contributed by atoms with Crippen molar-refractivity contribution in [2.24, 2.45) is 0 Å². The van der Waals surface area contributed by atoms with Crippen LogP contribution in [0.3, 0.4) is 0 Å². The zero-order valence-electron chi connectivity index (χ0n) is 14.3. The summed E-state index contributed by atoms with van der Waals surface area (Å²) in [5.41, 5.74) is 2.97. The number of nitrogens with zero attached hydrogens (tertiary/aromatic N) is 1. The molecule has 0 unspecified atom stereocenters. The standard InChI is InChI=1S/C17H24N2O5/c1-4-5-6-11-9-12(10-14(23-2)15(11)24-3)17(21)19-8-7-13(19)16(20)18-22/h9-10,13,22H,4-8H2,1-3H3,(H,18,20)/t13-/m1/s1. The van der Waals surface area contributed by atoms with E-state index < -0.39 is 11.9 Å². The summed E-state index contributed by atoms with van der Waals surface area (Å²) in [4.78, 5) is 25.7. The van der Waals surface area contributed by atoms with Crippen LogP contribution in [-0.4, -0.2) is 48.7 Å². The van der Waals surface area contributed by atoms with Crippen LogP contribution in [0.4, 0.5) is 0 Å². The van der Waals surface area contributed by atoms with Gasteiger partial charge in [-0.2, -0.15) is 0 Å². The highest BCUT2D eigenvalue weighted by atomic mass is 16.5. The maximum absolute atomic E-state index is 12.7. The van der Waals surface area contributed by atoms with Gasteiger partial charge in [0.2, 0.25) is 0 Å². The summed E-state index contributed by atoms with van der Waals surface area (Å²) in [6, 6.07) is 2.80. The molecule has 0 radical (unpaired) electrons. The van der Waals surface area contributed by atoms with Gasteiger partial charge in [-0.25, -0.2) is 5.48 Å². The van der Waals surface area contributed by atoms with Crippen LogP contribution in [0.25, 0.3) is 0 Å². The first-order chi connectivity index (χ1) is 11.6. The van der Waals surface area contributed by atoms with Crippen molar-refractivity contribution in [3.05, 3.63) is 23.3 Å². The van der Waals surface area contributed by atoms with Crippen molar-refractivity contribution in [2.75, 3.05) is 20.8 Å². The molecule has 1 heterocycles. The van der Waals surface area contributed by atoms with Gasteiger partial charge in [-0.05, 0) is 37.0 Å². The van der Waals surface area contributed by atoms with Gasteiger partial charge in [0.25, 0.3) is 11.8 Å². The summed E-state index contributed by atoms with van der Waals surface area (Å²) < 4.78 is 10.8. The van der Waals surface area contributed by atoms with E-state index in [9.17, 15) is 9.59 Å². The molecule has 2 N–H and O–H groups in total. The number of benzene rings is 1. The van der Waals surface area contributed by atoms with E-state index in [4.69, 9.17) is 14.7 Å². The minimum absolute atomic E-state index is 0.256. The number of nitrogens with one attached hydrogen (secondary N) is 1. The van der Waals surface area contributed by atoms with Gasteiger partial charge in [0.1, 0.15) is 6.04 Å². The molecule has 7 heteroatoms. The average molecular weight is 336 g/mol. The van der Waals surface area contributed by atoms with Crippen LogP contribution in [0.15, 0.2) is 12.1 Å². The zero-order chi connectivity index (χ0) is 17.7. The average Bonchev–Trinajstić information content (AvgIpc) is 2.57. The molecular weight excluding hydrogens is 312 g/mol. The van der Waals surface area contributed by atoms with E-state index in [0.29, 0.717) is 30.0 Å². The molecule has 0 bridgehead atoms. The molecule has 0 aromatic heterocycles. The summed E-state index contributed by atoms with van der Waals surface area (Å²) in [7, 11) is 3.10. The molecule has 1 atom stereocenters. The monoisotopic (exact) mass is 336 g/mol. The largest absolute Gasteiger partial charge is 0.493 e. The number of likely N-dealkylation sites (tertiary alicyclic amines) is 1. The Labute approximate surface area is 141 Å². The van der Waals surface area contributed by atoms with Crippen molar-refractivity contribution in [1.29, 1.82) is 0 Å². The van der Waals surface area contributed by atoms with Crippen molar-refractivity contribution in [3.8, 4) is 11.5 Å². The highest BCUT2D eigenvalue weighted by molar-refractivity contribution is 5.99. The number of carbonyl (C=O) groups is 2. The Hall–Kier alpha value is -2.28. The summed E-state index contributed by atoms with van der Waals surface area (Å²) in [6.07, 6.45) is 3.30. The first kappa shape index (κ1) is 18.1. The smallest absolute Gasteiger partial charge is 0.266 e. The molecule has 2 rings (SSSR count). The number of rotatable bonds is 7. The first-order valence-corrected chi connectivity index (χ1v) is 8.07. The van der Waals surface area contributed by atoms with Crippen LogP contribution in [0, 0.1) is 0 Å². The lowest BCUT2D eigenvalue weighted by Gasteiger charge is -2.39. The molecule has 1 aromatic rings. The second-order valence-electron chi connectivity index (χ2n) is 5.75. The van der Waals surface area contributed by atoms with Gasteiger partial charge >= 0.3 is 0 Å². The molecule has 132 valence electrons. The fourth-order valence-corrected chi connectivity index (χ4v) is 2.86. The Morgan fingerprint density at radius 1 is 1.33 bits per heavy atom. The molecule has 0 aliphatic carbocycles. The maximum atomic E-state index is 12.7. The predicted molar refractivity (Wildman–Crippen MR) is 87.5 cm³/mol. The third-order valence-corrected chi connectivity index (χ3v) is 4.30. The topological polar surface area (TPSA) is 88.1 Å². The second-order valence-corrected chi connectivity index (χ2v) is 5.75. The summed E-state index contributed by atoms with van der Waals surface area (Å²) in [6.45, 7) is 2.58. The lowest BCUT2D eigenvalue weighted by Crippen LogP contribution is -2.57. The minimum atomic E-state index is -0.630. The van der Waals surface area contributed by atoms with Gasteiger partial charge in [-0.3, -0.25) is 14.8 Å². The number of methoxy groups -OCH3 is 2. The highest BCUT2D eigenvalue weighted by Crippen LogP contribution is 2.35. The van der Waals surface area contributed by atoms with Crippen LogP contribution in [-0.2, 0) is 11.2 Å². The van der Waals surface area contributed by atoms with Crippen molar-refractivity contribution in [2.45, 2.75) is 38.6 Å². The van der Waals surface area contributed by atoms with Gasteiger partial charge in [-0.1, -0.05) is 13.3 Å². The summed E-state index contributed by atoms with van der Waals surface area (Å²) >= 11 is 0. The molecule has 1 aliphatic heterocycles. The Morgan fingerprint density at radius 2 is 2.08 bits per heavy atom. The zero-order valence-corrected chi connectivity index (χ0v) is 14.3. The maximum Gasteiger partial charge on any atom is 0.266 e. The predicted octanol–water partition coefficient (Wildman–Crippen LogP) is 1.77. The SMILES string of the molecule is CCCCc1cc(C(=O)N2CC[C@@H]2C(=O)NO)cc(OC)c1OC. The number of carbonyl (C=O) groups excluding carboxylic acids is 2. The molecule has 7 nitrogen and oxygen atoms in total. The van der Waals surface area contributed by atoms with E-state index in [0.717, 1.165) is 24.8 Å². The van der Waals surface area contributed by atoms with E-state index in [1.165, 1.54) is 12.0 Å². The molecule has 1 aromatic carbocycles. The van der Waals surface area contributed by atoms with Crippen molar-refractivity contribution < 1.29 is 24.3 Å². The molecular formula is C17H24N2O5. The van der Waals surface area contributed by atoms with E-state index >= 15 is 0 Å². The fourth-order valence-electron chi connectivity index (χ4n) is 2.86. The molecule has 0 spiro atoms. The molecule has 24 heavy (non-hydrogen) atoms. The normalized spacial score (nSPS) is 16.3. The number of aryl methyl sites for hydroxylation is 1. The van der Waals surface area contributed by atoms with Crippen molar-refractivity contribution in [3.63, 3.8) is 0 Å². The van der Waals surface area contributed by atoms with Gasteiger partial charge in [0.15, 0.2) is 11.5 Å². The third-order valence-electron chi connectivity index (χ3n) is 4.30. The number of hydrogen-bond acceptors (Lipinski definition) is 5. The second kappa shape index (κ2) is 8.01. The van der Waals surface area contributed by atoms with E-state index in [1.54, 1.807) is 24.7 Å². The van der Waals surface area contributed by atoms with Crippen LogP contribution < -0.4 is 15.0 Å². The van der Waals surface area contributed by atoms with Crippen LogP contribution in [0.2, 0.25) is 0 Å². The summed E-state index contributed by atoms with van der Waals surface area (Å²) in [5, 5.41) is 8.76. The van der Waals surface area contributed by atoms with Gasteiger partial charge in [0, 0.05) is 12.1 Å². The lowest BCUT2D eigenvalue weighted by molar-refractivity contribution is -0.137.